The molecule has 0 nitrogen and oxygen atoms in total. The molecular weight excluding hydrogens is 151 g/mol. The lowest BCUT2D eigenvalue weighted by Gasteiger charge is -1.87. The number of rotatable bonds is 0. The van der Waals surface area contributed by atoms with Crippen molar-refractivity contribution in [3.63, 3.8) is 0 Å². The Morgan fingerprint density at radius 2 is 1.92 bits per heavy atom. The fourth-order valence-corrected chi connectivity index (χ4v) is 0.731. The zero-order valence-corrected chi connectivity index (χ0v) is 6.47. The van der Waals surface area contributed by atoms with E-state index in [1.807, 2.05) is 0 Å². The van der Waals surface area contributed by atoms with E-state index in [2.05, 4.69) is 17.8 Å². The zero-order chi connectivity index (χ0) is 8.81. The van der Waals surface area contributed by atoms with E-state index >= 15 is 0 Å². The molecule has 0 bridgehead atoms. The lowest BCUT2D eigenvalue weighted by atomic mass is 10.2. The van der Waals surface area contributed by atoms with Crippen molar-refractivity contribution in [3.8, 4) is 24.2 Å². The Labute approximate surface area is 71.4 Å². The van der Waals surface area contributed by atoms with Crippen molar-refractivity contribution in [2.24, 2.45) is 0 Å². The van der Waals surface area contributed by atoms with Gasteiger partial charge in [-0.2, -0.15) is 0 Å². The van der Waals surface area contributed by atoms with Gasteiger partial charge in [-0.15, -0.1) is 6.42 Å². The molecule has 0 unspecified atom stereocenters. The van der Waals surface area contributed by atoms with Gasteiger partial charge in [-0.3, -0.25) is 0 Å². The second-order valence-electron chi connectivity index (χ2n) is 2.19. The van der Waals surface area contributed by atoms with Gasteiger partial charge in [-0.25, -0.2) is 4.39 Å². The van der Waals surface area contributed by atoms with E-state index in [4.69, 9.17) is 6.42 Å². The largest absolute Gasteiger partial charge is 0.207 e. The maximum absolute atomic E-state index is 12.4. The maximum atomic E-state index is 12.4. The van der Waals surface area contributed by atoms with Crippen LogP contribution in [0.25, 0.3) is 0 Å². The molecule has 1 rings (SSSR count). The van der Waals surface area contributed by atoms with Gasteiger partial charge in [0.15, 0.2) is 0 Å². The van der Waals surface area contributed by atoms with Crippen molar-refractivity contribution in [2.75, 3.05) is 0 Å². The summed E-state index contributed by atoms with van der Waals surface area (Å²) < 4.78 is 12.4. The number of hydrogen-bond acceptors (Lipinski definition) is 0. The molecule has 1 aromatic carbocycles. The molecule has 0 saturated carbocycles. The minimum atomic E-state index is -0.252. The van der Waals surface area contributed by atoms with E-state index < -0.39 is 0 Å². The minimum Gasteiger partial charge on any atom is -0.207 e. The van der Waals surface area contributed by atoms with Crippen LogP contribution in [0.5, 0.6) is 0 Å². The Balaban J connectivity index is 2.74. The summed E-state index contributed by atoms with van der Waals surface area (Å²) in [6.45, 7) is 0. The van der Waals surface area contributed by atoms with Gasteiger partial charge < -0.3 is 0 Å². The standard InChI is InChI=1S/C11H7F/c1-2-3-4-5-10-6-8-11(12)9-7-10/h1,6-9H,3H2. The molecule has 0 atom stereocenters. The topological polar surface area (TPSA) is 0 Å². The fourth-order valence-electron chi connectivity index (χ4n) is 0.731. The van der Waals surface area contributed by atoms with E-state index in [1.165, 1.54) is 12.1 Å². The maximum Gasteiger partial charge on any atom is 0.123 e. The zero-order valence-electron chi connectivity index (χ0n) is 6.47. The van der Waals surface area contributed by atoms with Crippen LogP contribution in [0.1, 0.15) is 12.0 Å². The summed E-state index contributed by atoms with van der Waals surface area (Å²) in [6.07, 6.45) is 5.43. The Kier molecular flexibility index (Phi) is 2.94. The Hall–Kier alpha value is -1.73. The van der Waals surface area contributed by atoms with Crippen molar-refractivity contribution in [3.05, 3.63) is 35.6 Å². The molecule has 0 aliphatic rings. The van der Waals surface area contributed by atoms with Crippen LogP contribution in [-0.4, -0.2) is 0 Å². The summed E-state index contributed by atoms with van der Waals surface area (Å²) in [7, 11) is 0. The third-order valence-corrected chi connectivity index (χ3v) is 1.27. The quantitative estimate of drug-likeness (QED) is 0.508. The molecule has 12 heavy (non-hydrogen) atoms. The van der Waals surface area contributed by atoms with Crippen LogP contribution < -0.4 is 0 Å². The van der Waals surface area contributed by atoms with Crippen LogP contribution in [0.4, 0.5) is 4.39 Å². The lowest BCUT2D eigenvalue weighted by Crippen LogP contribution is -1.75. The average molecular weight is 158 g/mol. The number of benzene rings is 1. The highest BCUT2D eigenvalue weighted by atomic mass is 19.1. The van der Waals surface area contributed by atoms with Gasteiger partial charge in [0.1, 0.15) is 5.82 Å². The van der Waals surface area contributed by atoms with E-state index in [9.17, 15) is 4.39 Å². The normalized spacial score (nSPS) is 8.00. The first-order valence-corrected chi connectivity index (χ1v) is 3.51. The minimum absolute atomic E-state index is 0.252. The molecule has 0 N–H and O–H groups in total. The molecule has 0 heterocycles. The first-order valence-electron chi connectivity index (χ1n) is 3.51. The summed E-state index contributed by atoms with van der Waals surface area (Å²) in [5.74, 6) is 7.73. The van der Waals surface area contributed by atoms with Crippen LogP contribution in [0.2, 0.25) is 0 Å². The molecule has 1 heteroatoms. The van der Waals surface area contributed by atoms with E-state index in [1.54, 1.807) is 12.1 Å². The fraction of sp³-hybridized carbons (Fsp3) is 0.0909. The van der Waals surface area contributed by atoms with Crippen LogP contribution in [0.3, 0.4) is 0 Å². The summed E-state index contributed by atoms with van der Waals surface area (Å²) in [4.78, 5) is 0. The smallest absolute Gasteiger partial charge is 0.123 e. The molecule has 0 fully saturated rings. The average Bonchev–Trinajstić information content (AvgIpc) is 2.09. The monoisotopic (exact) mass is 158 g/mol. The molecular formula is C11H7F. The molecule has 58 valence electrons. The third-order valence-electron chi connectivity index (χ3n) is 1.27. The van der Waals surface area contributed by atoms with Gasteiger partial charge in [-0.1, -0.05) is 17.8 Å². The van der Waals surface area contributed by atoms with Gasteiger partial charge in [0, 0.05) is 5.56 Å². The van der Waals surface area contributed by atoms with Crippen molar-refractivity contribution >= 4 is 0 Å². The molecule has 0 amide bonds. The summed E-state index contributed by atoms with van der Waals surface area (Å²) in [5.41, 5.74) is 0.784. The van der Waals surface area contributed by atoms with Gasteiger partial charge in [0.25, 0.3) is 0 Å². The highest BCUT2D eigenvalue weighted by Gasteiger charge is 1.87. The van der Waals surface area contributed by atoms with Crippen LogP contribution in [0, 0.1) is 30.0 Å². The number of terminal acetylenes is 1. The predicted octanol–water partition coefficient (Wildman–Crippen LogP) is 2.20. The van der Waals surface area contributed by atoms with Crippen molar-refractivity contribution in [2.45, 2.75) is 6.42 Å². The van der Waals surface area contributed by atoms with Crippen LogP contribution >= 0.6 is 0 Å². The highest BCUT2D eigenvalue weighted by Crippen LogP contribution is 2.00. The van der Waals surface area contributed by atoms with E-state index in [0.29, 0.717) is 6.42 Å². The van der Waals surface area contributed by atoms with Crippen molar-refractivity contribution in [1.82, 2.24) is 0 Å². The number of hydrogen-bond donors (Lipinski definition) is 0. The molecule has 0 spiro atoms. The first kappa shape index (κ1) is 8.37. The second kappa shape index (κ2) is 4.21. The van der Waals surface area contributed by atoms with Gasteiger partial charge in [0.05, 0.1) is 6.42 Å². The predicted molar refractivity (Wildman–Crippen MR) is 46.7 cm³/mol. The SMILES string of the molecule is C#CCC#Cc1ccc(F)cc1. The van der Waals surface area contributed by atoms with Crippen molar-refractivity contribution in [1.29, 1.82) is 0 Å². The first-order chi connectivity index (χ1) is 5.83. The third kappa shape index (κ3) is 2.48. The Morgan fingerprint density at radius 1 is 1.25 bits per heavy atom. The van der Waals surface area contributed by atoms with E-state index in [0.717, 1.165) is 5.56 Å². The van der Waals surface area contributed by atoms with Gasteiger partial charge >= 0.3 is 0 Å². The van der Waals surface area contributed by atoms with Gasteiger partial charge in [0.2, 0.25) is 0 Å². The lowest BCUT2D eigenvalue weighted by molar-refractivity contribution is 0.627. The summed E-state index contributed by atoms with van der Waals surface area (Å²) >= 11 is 0. The number of halogens is 1. The van der Waals surface area contributed by atoms with Crippen LogP contribution in [-0.2, 0) is 0 Å². The summed E-state index contributed by atoms with van der Waals surface area (Å²) in [5, 5.41) is 0. The highest BCUT2D eigenvalue weighted by molar-refractivity contribution is 5.34. The Morgan fingerprint density at radius 3 is 2.50 bits per heavy atom. The van der Waals surface area contributed by atoms with Gasteiger partial charge in [-0.05, 0) is 24.3 Å². The van der Waals surface area contributed by atoms with Crippen LogP contribution in [0.15, 0.2) is 24.3 Å². The summed E-state index contributed by atoms with van der Waals surface area (Å²) in [6, 6.07) is 6.00. The Bertz CT molecular complexity index is 343. The molecule has 0 aromatic heterocycles. The molecule has 1 aromatic rings. The van der Waals surface area contributed by atoms with Crippen molar-refractivity contribution < 1.29 is 4.39 Å². The molecule has 0 saturated heterocycles. The van der Waals surface area contributed by atoms with E-state index in [-0.39, 0.29) is 5.82 Å². The molecule has 0 aliphatic carbocycles. The molecule has 0 radical (unpaired) electrons. The molecule has 0 aliphatic heterocycles. The second-order valence-corrected chi connectivity index (χ2v) is 2.19.